The first-order chi connectivity index (χ1) is 9.24. The van der Waals surface area contributed by atoms with Gasteiger partial charge in [-0.05, 0) is 39.7 Å². The van der Waals surface area contributed by atoms with Crippen molar-refractivity contribution >= 4 is 26.8 Å². The van der Waals surface area contributed by atoms with Crippen molar-refractivity contribution in [3.63, 3.8) is 0 Å². The van der Waals surface area contributed by atoms with Gasteiger partial charge in [-0.3, -0.25) is 0 Å². The molecule has 3 rings (SSSR count). The third-order valence-electron chi connectivity index (χ3n) is 3.03. The number of hydrogen-bond donors (Lipinski definition) is 1. The topological polar surface area (TPSA) is 46.3 Å². The number of aromatic nitrogens is 1. The molecule has 1 atom stereocenters. The van der Waals surface area contributed by atoms with Gasteiger partial charge < -0.3 is 9.52 Å². The Morgan fingerprint density at radius 1 is 1.26 bits per heavy atom. The molecule has 96 valence electrons. The van der Waals surface area contributed by atoms with E-state index < -0.39 is 6.10 Å². The first-order valence-electron chi connectivity index (χ1n) is 5.98. The predicted molar refractivity (Wildman–Crippen MR) is 76.8 cm³/mol. The van der Waals surface area contributed by atoms with Crippen LogP contribution in [0.25, 0.3) is 10.9 Å². The van der Waals surface area contributed by atoms with Crippen LogP contribution in [0.15, 0.2) is 57.8 Å². The number of para-hydroxylation sites is 1. The van der Waals surface area contributed by atoms with E-state index >= 15 is 0 Å². The van der Waals surface area contributed by atoms with Crippen LogP contribution < -0.4 is 0 Å². The molecule has 0 saturated heterocycles. The van der Waals surface area contributed by atoms with Crippen LogP contribution in [0.1, 0.15) is 17.4 Å². The summed E-state index contributed by atoms with van der Waals surface area (Å²) in [7, 11) is 0. The van der Waals surface area contributed by atoms with Crippen molar-refractivity contribution in [3.8, 4) is 0 Å². The number of aliphatic hydroxyl groups excluding tert-OH is 1. The van der Waals surface area contributed by atoms with Crippen molar-refractivity contribution in [3.05, 3.63) is 64.7 Å². The van der Waals surface area contributed by atoms with Crippen LogP contribution in [-0.2, 0) is 6.42 Å². The summed E-state index contributed by atoms with van der Waals surface area (Å²) in [5.74, 6) is 0. The van der Waals surface area contributed by atoms with Crippen LogP contribution in [0.4, 0.5) is 0 Å². The van der Waals surface area contributed by atoms with Crippen LogP contribution in [0.3, 0.4) is 0 Å². The minimum Gasteiger partial charge on any atom is -0.472 e. The van der Waals surface area contributed by atoms with Gasteiger partial charge in [-0.2, -0.15) is 0 Å². The second-order valence-corrected chi connectivity index (χ2v) is 5.25. The standard InChI is InChI=1S/C15H12BrNO2/c16-12-8-11-3-1-2-4-13(11)17-15(12)14(18)7-10-5-6-19-9-10/h1-6,8-9,14,18H,7H2. The van der Waals surface area contributed by atoms with Crippen molar-refractivity contribution in [1.82, 2.24) is 4.98 Å². The molecule has 0 bridgehead atoms. The molecule has 0 radical (unpaired) electrons. The molecular weight excluding hydrogens is 306 g/mol. The Balaban J connectivity index is 1.97. The zero-order valence-electron chi connectivity index (χ0n) is 10.1. The molecule has 2 aromatic heterocycles. The summed E-state index contributed by atoms with van der Waals surface area (Å²) < 4.78 is 5.83. The number of rotatable bonds is 3. The Morgan fingerprint density at radius 3 is 2.89 bits per heavy atom. The zero-order valence-corrected chi connectivity index (χ0v) is 11.7. The van der Waals surface area contributed by atoms with Crippen molar-refractivity contribution in [2.45, 2.75) is 12.5 Å². The number of pyridine rings is 1. The Labute approximate surface area is 119 Å². The molecule has 0 fully saturated rings. The molecule has 1 unspecified atom stereocenters. The van der Waals surface area contributed by atoms with E-state index in [4.69, 9.17) is 4.42 Å². The molecule has 1 N–H and O–H groups in total. The van der Waals surface area contributed by atoms with Crippen molar-refractivity contribution < 1.29 is 9.52 Å². The summed E-state index contributed by atoms with van der Waals surface area (Å²) in [5, 5.41) is 11.3. The van der Waals surface area contributed by atoms with Gasteiger partial charge in [0, 0.05) is 16.3 Å². The van der Waals surface area contributed by atoms with E-state index in [1.807, 2.05) is 36.4 Å². The molecule has 0 saturated carbocycles. The van der Waals surface area contributed by atoms with Gasteiger partial charge >= 0.3 is 0 Å². The number of fused-ring (bicyclic) bond motifs is 1. The lowest BCUT2D eigenvalue weighted by Crippen LogP contribution is -2.05. The maximum atomic E-state index is 10.3. The van der Waals surface area contributed by atoms with E-state index in [1.54, 1.807) is 12.5 Å². The van der Waals surface area contributed by atoms with Crippen LogP contribution in [-0.4, -0.2) is 10.1 Å². The fourth-order valence-corrected chi connectivity index (χ4v) is 2.67. The summed E-state index contributed by atoms with van der Waals surface area (Å²) in [6.45, 7) is 0. The molecule has 3 nitrogen and oxygen atoms in total. The van der Waals surface area contributed by atoms with Gasteiger partial charge in [-0.15, -0.1) is 0 Å². The molecule has 19 heavy (non-hydrogen) atoms. The first-order valence-corrected chi connectivity index (χ1v) is 6.77. The highest BCUT2D eigenvalue weighted by Crippen LogP contribution is 2.27. The molecule has 0 aliphatic rings. The molecule has 0 aliphatic carbocycles. The van der Waals surface area contributed by atoms with Crippen molar-refractivity contribution in [2.75, 3.05) is 0 Å². The van der Waals surface area contributed by atoms with Crippen LogP contribution in [0.2, 0.25) is 0 Å². The van der Waals surface area contributed by atoms with E-state index in [-0.39, 0.29) is 0 Å². The van der Waals surface area contributed by atoms with Crippen molar-refractivity contribution in [2.24, 2.45) is 0 Å². The van der Waals surface area contributed by atoms with Gasteiger partial charge in [0.15, 0.2) is 0 Å². The smallest absolute Gasteiger partial charge is 0.101 e. The third kappa shape index (κ3) is 2.55. The zero-order chi connectivity index (χ0) is 13.2. The summed E-state index contributed by atoms with van der Waals surface area (Å²) in [6.07, 6.45) is 3.07. The summed E-state index contributed by atoms with van der Waals surface area (Å²) in [6, 6.07) is 11.7. The lowest BCUT2D eigenvalue weighted by molar-refractivity contribution is 0.173. The van der Waals surface area contributed by atoms with E-state index in [0.717, 1.165) is 20.9 Å². The second-order valence-electron chi connectivity index (χ2n) is 4.40. The Kier molecular flexibility index (Phi) is 3.36. The average molecular weight is 318 g/mol. The fraction of sp³-hybridized carbons (Fsp3) is 0.133. The quantitative estimate of drug-likeness (QED) is 0.797. The summed E-state index contributed by atoms with van der Waals surface area (Å²) in [5.41, 5.74) is 2.49. The van der Waals surface area contributed by atoms with Gasteiger partial charge in [0.1, 0.15) is 6.10 Å². The molecule has 0 spiro atoms. The number of hydrogen-bond acceptors (Lipinski definition) is 3. The maximum absolute atomic E-state index is 10.3. The third-order valence-corrected chi connectivity index (χ3v) is 3.66. The monoisotopic (exact) mass is 317 g/mol. The minimum atomic E-state index is -0.656. The second kappa shape index (κ2) is 5.15. The van der Waals surface area contributed by atoms with Gasteiger partial charge in [-0.1, -0.05) is 18.2 Å². The summed E-state index contributed by atoms with van der Waals surface area (Å²) in [4.78, 5) is 4.53. The van der Waals surface area contributed by atoms with E-state index in [1.165, 1.54) is 0 Å². The normalized spacial score (nSPS) is 12.7. The Bertz CT molecular complexity index is 694. The molecule has 2 heterocycles. The SMILES string of the molecule is OC(Cc1ccoc1)c1nc2ccccc2cc1Br. The fourth-order valence-electron chi connectivity index (χ4n) is 2.07. The molecule has 3 aromatic rings. The van der Waals surface area contributed by atoms with Gasteiger partial charge in [0.05, 0.1) is 23.7 Å². The van der Waals surface area contributed by atoms with Crippen molar-refractivity contribution in [1.29, 1.82) is 0 Å². The average Bonchev–Trinajstić information content (AvgIpc) is 2.90. The number of furan rings is 1. The highest BCUT2D eigenvalue weighted by Gasteiger charge is 2.15. The molecule has 4 heteroatoms. The van der Waals surface area contributed by atoms with E-state index in [2.05, 4.69) is 20.9 Å². The number of halogens is 1. The lowest BCUT2D eigenvalue weighted by atomic mass is 10.1. The van der Waals surface area contributed by atoms with Crippen LogP contribution in [0, 0.1) is 0 Å². The van der Waals surface area contributed by atoms with Crippen LogP contribution >= 0.6 is 15.9 Å². The van der Waals surface area contributed by atoms with E-state index in [9.17, 15) is 5.11 Å². The summed E-state index contributed by atoms with van der Waals surface area (Å²) >= 11 is 3.48. The Hall–Kier alpha value is -1.65. The number of benzene rings is 1. The van der Waals surface area contributed by atoms with Gasteiger partial charge in [0.25, 0.3) is 0 Å². The lowest BCUT2D eigenvalue weighted by Gasteiger charge is -2.12. The predicted octanol–water partition coefficient (Wildman–Crippen LogP) is 3.87. The largest absolute Gasteiger partial charge is 0.472 e. The number of nitrogens with zero attached hydrogens (tertiary/aromatic N) is 1. The minimum absolute atomic E-state index is 0.487. The molecular formula is C15H12BrNO2. The molecule has 0 amide bonds. The molecule has 1 aromatic carbocycles. The number of aliphatic hydroxyl groups is 1. The van der Waals surface area contributed by atoms with E-state index in [0.29, 0.717) is 12.1 Å². The van der Waals surface area contributed by atoms with Gasteiger partial charge in [-0.25, -0.2) is 4.98 Å². The maximum Gasteiger partial charge on any atom is 0.101 e. The highest BCUT2D eigenvalue weighted by atomic mass is 79.9. The highest BCUT2D eigenvalue weighted by molar-refractivity contribution is 9.10. The van der Waals surface area contributed by atoms with Crippen LogP contribution in [0.5, 0.6) is 0 Å². The Morgan fingerprint density at radius 2 is 2.11 bits per heavy atom. The first kappa shape index (κ1) is 12.4. The van der Waals surface area contributed by atoms with Gasteiger partial charge in [0.2, 0.25) is 0 Å². The molecule has 0 aliphatic heterocycles.